The Balaban J connectivity index is 1.81. The zero-order valence-corrected chi connectivity index (χ0v) is 12.8. The third-order valence-electron chi connectivity index (χ3n) is 3.75. The molecule has 0 N–H and O–H groups in total. The Kier molecular flexibility index (Phi) is 4.17. The summed E-state index contributed by atoms with van der Waals surface area (Å²) in [5, 5.41) is 0. The van der Waals surface area contributed by atoms with Gasteiger partial charge in [-0.3, -0.25) is 14.7 Å². The number of aromatic nitrogens is 1. The Morgan fingerprint density at radius 1 is 1.35 bits per heavy atom. The zero-order valence-electron chi connectivity index (χ0n) is 11.1. The molecule has 1 saturated heterocycles. The van der Waals surface area contributed by atoms with Gasteiger partial charge in [0.2, 0.25) is 0 Å². The number of rotatable bonds is 2. The molecule has 0 radical (unpaired) electrons. The summed E-state index contributed by atoms with van der Waals surface area (Å²) in [6.07, 6.45) is 11.2. The van der Waals surface area contributed by atoms with E-state index in [0.717, 1.165) is 18.4 Å². The quantitative estimate of drug-likeness (QED) is 0.617. The second kappa shape index (κ2) is 6.06. The van der Waals surface area contributed by atoms with Crippen LogP contribution in [0.4, 0.5) is 0 Å². The van der Waals surface area contributed by atoms with Crippen LogP contribution in [0.5, 0.6) is 0 Å². The van der Waals surface area contributed by atoms with Crippen molar-refractivity contribution in [3.05, 3.63) is 35.0 Å². The van der Waals surface area contributed by atoms with Gasteiger partial charge < -0.3 is 0 Å². The van der Waals surface area contributed by atoms with Crippen LogP contribution >= 0.6 is 24.0 Å². The van der Waals surface area contributed by atoms with Crippen LogP contribution in [0.3, 0.4) is 0 Å². The summed E-state index contributed by atoms with van der Waals surface area (Å²) >= 11 is 6.81. The average molecular weight is 304 g/mol. The number of hydrogen-bond donors (Lipinski definition) is 0. The summed E-state index contributed by atoms with van der Waals surface area (Å²) in [7, 11) is 0. The van der Waals surface area contributed by atoms with E-state index >= 15 is 0 Å². The first-order valence-corrected chi connectivity index (χ1v) is 8.15. The van der Waals surface area contributed by atoms with Gasteiger partial charge in [0.1, 0.15) is 4.32 Å². The summed E-state index contributed by atoms with van der Waals surface area (Å²) in [4.78, 5) is 19.2. The van der Waals surface area contributed by atoms with Crippen LogP contribution in [0.15, 0.2) is 29.4 Å². The first-order chi connectivity index (χ1) is 9.75. The number of amides is 1. The summed E-state index contributed by atoms with van der Waals surface area (Å²) < 4.78 is 0.706. The van der Waals surface area contributed by atoms with Crippen LogP contribution < -0.4 is 0 Å². The fourth-order valence-corrected chi connectivity index (χ4v) is 4.15. The van der Waals surface area contributed by atoms with Crippen molar-refractivity contribution in [1.29, 1.82) is 0 Å². The second-order valence-electron chi connectivity index (χ2n) is 5.13. The lowest BCUT2D eigenvalue weighted by Crippen LogP contribution is -2.39. The normalized spacial score (nSPS) is 22.8. The van der Waals surface area contributed by atoms with Gasteiger partial charge in [0.15, 0.2) is 0 Å². The summed E-state index contributed by atoms with van der Waals surface area (Å²) in [5.41, 5.74) is 0.941. The molecule has 1 aromatic heterocycles. The minimum absolute atomic E-state index is 0.0655. The Hall–Kier alpha value is -1.20. The van der Waals surface area contributed by atoms with Gasteiger partial charge >= 0.3 is 0 Å². The van der Waals surface area contributed by atoms with E-state index in [4.69, 9.17) is 12.2 Å². The third kappa shape index (κ3) is 2.79. The molecule has 0 unspecified atom stereocenters. The molecule has 1 aliphatic heterocycles. The van der Waals surface area contributed by atoms with Gasteiger partial charge in [-0.15, -0.1) is 0 Å². The Labute approximate surface area is 128 Å². The van der Waals surface area contributed by atoms with Gasteiger partial charge in [-0.05, 0) is 30.5 Å². The van der Waals surface area contributed by atoms with Crippen molar-refractivity contribution >= 4 is 40.3 Å². The minimum atomic E-state index is 0.0655. The van der Waals surface area contributed by atoms with Crippen molar-refractivity contribution in [1.82, 2.24) is 9.88 Å². The molecule has 3 rings (SSSR count). The maximum Gasteiger partial charge on any atom is 0.266 e. The minimum Gasteiger partial charge on any atom is -0.290 e. The van der Waals surface area contributed by atoms with Gasteiger partial charge in [0.05, 0.1) is 4.91 Å². The molecule has 1 amide bonds. The van der Waals surface area contributed by atoms with Crippen molar-refractivity contribution in [2.75, 3.05) is 0 Å². The molecule has 0 aromatic carbocycles. The molecule has 1 saturated carbocycles. The molecule has 0 atom stereocenters. The van der Waals surface area contributed by atoms with E-state index in [2.05, 4.69) is 4.98 Å². The average Bonchev–Trinajstić information content (AvgIpc) is 2.75. The number of thiocarbonyl (C=S) groups is 1. The van der Waals surface area contributed by atoms with Crippen LogP contribution in [0.25, 0.3) is 6.08 Å². The van der Waals surface area contributed by atoms with E-state index in [1.807, 2.05) is 23.1 Å². The van der Waals surface area contributed by atoms with Gasteiger partial charge in [0, 0.05) is 18.4 Å². The van der Waals surface area contributed by atoms with Crippen LogP contribution in [0.1, 0.15) is 37.7 Å². The smallest absolute Gasteiger partial charge is 0.266 e. The molecule has 2 aliphatic rings. The fraction of sp³-hybridized carbons (Fsp3) is 0.400. The maximum absolute atomic E-state index is 12.5. The highest BCUT2D eigenvalue weighted by Gasteiger charge is 2.37. The van der Waals surface area contributed by atoms with Crippen LogP contribution in [-0.2, 0) is 4.79 Å². The fourth-order valence-electron chi connectivity index (χ4n) is 2.75. The van der Waals surface area contributed by atoms with E-state index in [9.17, 15) is 4.79 Å². The molecule has 104 valence electrons. The monoisotopic (exact) mass is 304 g/mol. The number of carbonyl (C=O) groups excluding carboxylic acids is 1. The van der Waals surface area contributed by atoms with Crippen molar-refractivity contribution in [3.8, 4) is 0 Å². The summed E-state index contributed by atoms with van der Waals surface area (Å²) in [6, 6.07) is 4.12. The van der Waals surface area contributed by atoms with Crippen LogP contribution in [-0.4, -0.2) is 26.2 Å². The van der Waals surface area contributed by atoms with E-state index in [1.54, 1.807) is 12.4 Å². The molecule has 5 heteroatoms. The SMILES string of the molecule is O=C1/C(=C\c2cccnc2)SC(=S)N1C1CCCCC1. The summed E-state index contributed by atoms with van der Waals surface area (Å²) in [6.45, 7) is 0. The van der Waals surface area contributed by atoms with Gasteiger partial charge in [-0.1, -0.05) is 49.3 Å². The molecule has 0 bridgehead atoms. The highest BCUT2D eigenvalue weighted by Crippen LogP contribution is 2.37. The standard InChI is InChI=1S/C15H16N2OS2/c18-14-13(9-11-5-4-8-16-10-11)20-15(19)17(14)12-6-2-1-3-7-12/h4-5,8-10,12H,1-3,6-7H2/b13-9+. The van der Waals surface area contributed by atoms with Gasteiger partial charge in [-0.2, -0.15) is 0 Å². The van der Waals surface area contributed by atoms with E-state index < -0.39 is 0 Å². The molecule has 1 aromatic rings. The maximum atomic E-state index is 12.5. The predicted molar refractivity (Wildman–Crippen MR) is 86.1 cm³/mol. The molecule has 1 aliphatic carbocycles. The number of pyridine rings is 1. The molecular formula is C15H16N2OS2. The van der Waals surface area contributed by atoms with E-state index in [-0.39, 0.29) is 5.91 Å². The highest BCUT2D eigenvalue weighted by atomic mass is 32.2. The van der Waals surface area contributed by atoms with Crippen LogP contribution in [0.2, 0.25) is 0 Å². The lowest BCUT2D eigenvalue weighted by molar-refractivity contribution is -0.124. The largest absolute Gasteiger partial charge is 0.290 e. The lowest BCUT2D eigenvalue weighted by Gasteiger charge is -2.29. The number of carbonyl (C=O) groups is 1. The first-order valence-electron chi connectivity index (χ1n) is 6.93. The third-order valence-corrected chi connectivity index (χ3v) is 5.08. The lowest BCUT2D eigenvalue weighted by atomic mass is 9.94. The van der Waals surface area contributed by atoms with Crippen LogP contribution in [0, 0.1) is 0 Å². The number of thioether (sulfide) groups is 1. The highest BCUT2D eigenvalue weighted by molar-refractivity contribution is 8.26. The topological polar surface area (TPSA) is 33.2 Å². The van der Waals surface area contributed by atoms with E-state index in [0.29, 0.717) is 15.3 Å². The molecule has 20 heavy (non-hydrogen) atoms. The number of hydrogen-bond acceptors (Lipinski definition) is 4. The first kappa shape index (κ1) is 13.8. The Morgan fingerprint density at radius 2 is 2.15 bits per heavy atom. The van der Waals surface area contributed by atoms with Crippen molar-refractivity contribution in [2.45, 2.75) is 38.1 Å². The summed E-state index contributed by atoms with van der Waals surface area (Å²) in [5.74, 6) is 0.0655. The Morgan fingerprint density at radius 3 is 2.85 bits per heavy atom. The predicted octanol–water partition coefficient (Wildman–Crippen LogP) is 3.62. The zero-order chi connectivity index (χ0) is 13.9. The molecule has 2 fully saturated rings. The Bertz CT molecular complexity index is 550. The van der Waals surface area contributed by atoms with E-state index in [1.165, 1.54) is 31.0 Å². The van der Waals surface area contributed by atoms with Crippen molar-refractivity contribution in [2.24, 2.45) is 0 Å². The number of nitrogens with zero attached hydrogens (tertiary/aromatic N) is 2. The molecule has 0 spiro atoms. The van der Waals surface area contributed by atoms with Gasteiger partial charge in [-0.25, -0.2) is 0 Å². The molecule has 3 nitrogen and oxygen atoms in total. The van der Waals surface area contributed by atoms with Gasteiger partial charge in [0.25, 0.3) is 5.91 Å². The van der Waals surface area contributed by atoms with Crippen molar-refractivity contribution < 1.29 is 4.79 Å². The molecule has 2 heterocycles. The molecular weight excluding hydrogens is 288 g/mol. The second-order valence-corrected chi connectivity index (χ2v) is 6.81. The van der Waals surface area contributed by atoms with Crippen molar-refractivity contribution in [3.63, 3.8) is 0 Å².